The Kier molecular flexibility index (Phi) is 9.14. The van der Waals surface area contributed by atoms with Gasteiger partial charge in [0.1, 0.15) is 17.2 Å². The Bertz CT molecular complexity index is 510. The van der Waals surface area contributed by atoms with E-state index >= 15 is 0 Å². The molecule has 2 aliphatic rings. The van der Waals surface area contributed by atoms with Crippen LogP contribution in [0.1, 0.15) is 30.9 Å². The minimum absolute atomic E-state index is 0. The molecule has 25 heavy (non-hydrogen) atoms. The molecule has 1 aliphatic carbocycles. The number of ether oxygens (including phenoxy) is 3. The van der Waals surface area contributed by atoms with Crippen molar-refractivity contribution >= 4 is 24.8 Å². The lowest BCUT2D eigenvalue weighted by Crippen LogP contribution is -2.48. The van der Waals surface area contributed by atoms with Crippen molar-refractivity contribution in [3.8, 4) is 17.2 Å². The third-order valence-corrected chi connectivity index (χ3v) is 5.19. The van der Waals surface area contributed by atoms with Gasteiger partial charge < -0.3 is 19.5 Å². The average Bonchev–Trinajstić information content (AvgIpc) is 2.57. The Morgan fingerprint density at radius 2 is 1.52 bits per heavy atom. The highest BCUT2D eigenvalue weighted by Gasteiger charge is 2.37. The molecule has 7 heteroatoms. The number of rotatable bonds is 6. The predicted molar refractivity (Wildman–Crippen MR) is 105 cm³/mol. The molecule has 1 aromatic rings. The second kappa shape index (κ2) is 10.3. The average molecular weight is 393 g/mol. The fourth-order valence-electron chi connectivity index (χ4n) is 3.76. The Balaban J connectivity index is 0.00000156. The first kappa shape index (κ1) is 22.2. The molecule has 144 valence electrons. The first-order chi connectivity index (χ1) is 11.3. The van der Waals surface area contributed by atoms with Gasteiger partial charge in [-0.15, -0.1) is 24.8 Å². The van der Waals surface area contributed by atoms with Crippen LogP contribution in [0.4, 0.5) is 0 Å². The van der Waals surface area contributed by atoms with Gasteiger partial charge in [0, 0.05) is 44.4 Å². The van der Waals surface area contributed by atoms with Gasteiger partial charge in [-0.25, -0.2) is 0 Å². The van der Waals surface area contributed by atoms with Crippen molar-refractivity contribution < 1.29 is 14.2 Å². The second-order valence-corrected chi connectivity index (χ2v) is 6.37. The standard InChI is InChI=1S/C18H28N2O3.2ClH/c1-21-14-11-15(22-2)17(16(12-14)23-3)18(13-5-4-6-13)20-9-7-19-8-10-20;;/h11-13,18-19H,4-10H2,1-3H3;2*1H/t18-;;/m1../s1. The maximum Gasteiger partial charge on any atom is 0.131 e. The van der Waals surface area contributed by atoms with E-state index < -0.39 is 0 Å². The van der Waals surface area contributed by atoms with Crippen LogP contribution in [0.15, 0.2) is 12.1 Å². The van der Waals surface area contributed by atoms with Crippen LogP contribution in [-0.4, -0.2) is 52.4 Å². The molecule has 0 unspecified atom stereocenters. The smallest absolute Gasteiger partial charge is 0.131 e. The van der Waals surface area contributed by atoms with Crippen molar-refractivity contribution in [2.75, 3.05) is 47.5 Å². The molecule has 0 aromatic heterocycles. The molecule has 1 aromatic carbocycles. The van der Waals surface area contributed by atoms with Crippen LogP contribution in [0.3, 0.4) is 0 Å². The third-order valence-electron chi connectivity index (χ3n) is 5.19. The van der Waals surface area contributed by atoms with Crippen LogP contribution in [-0.2, 0) is 0 Å². The molecule has 0 bridgehead atoms. The molecule has 0 radical (unpaired) electrons. The number of methoxy groups -OCH3 is 3. The topological polar surface area (TPSA) is 43.0 Å². The first-order valence-corrected chi connectivity index (χ1v) is 8.53. The zero-order valence-corrected chi connectivity index (χ0v) is 16.9. The van der Waals surface area contributed by atoms with E-state index in [0.29, 0.717) is 12.0 Å². The van der Waals surface area contributed by atoms with Crippen LogP contribution >= 0.6 is 24.8 Å². The fourth-order valence-corrected chi connectivity index (χ4v) is 3.76. The molecular formula is C18H30Cl2N2O3. The number of hydrogen-bond donors (Lipinski definition) is 1. The van der Waals surface area contributed by atoms with Crippen LogP contribution in [0, 0.1) is 5.92 Å². The fraction of sp³-hybridized carbons (Fsp3) is 0.667. The normalized spacial score (nSPS) is 19.0. The maximum atomic E-state index is 5.72. The molecule has 1 saturated heterocycles. The Morgan fingerprint density at radius 3 is 1.92 bits per heavy atom. The number of hydrogen-bond acceptors (Lipinski definition) is 5. The SMILES string of the molecule is COc1cc(OC)c([C@@H](C2CCC2)N2CCNCC2)c(OC)c1.Cl.Cl. The largest absolute Gasteiger partial charge is 0.496 e. The first-order valence-electron chi connectivity index (χ1n) is 8.53. The van der Waals surface area contributed by atoms with Crippen molar-refractivity contribution in [3.05, 3.63) is 17.7 Å². The quantitative estimate of drug-likeness (QED) is 0.804. The summed E-state index contributed by atoms with van der Waals surface area (Å²) in [6.07, 6.45) is 3.90. The summed E-state index contributed by atoms with van der Waals surface area (Å²) in [5, 5.41) is 3.45. The molecule has 0 amide bonds. The van der Waals surface area contributed by atoms with Gasteiger partial charge in [0.05, 0.1) is 26.9 Å². The van der Waals surface area contributed by atoms with Crippen LogP contribution < -0.4 is 19.5 Å². The van der Waals surface area contributed by atoms with E-state index in [9.17, 15) is 0 Å². The molecule has 1 aliphatic heterocycles. The lowest BCUT2D eigenvalue weighted by Gasteiger charge is -2.44. The van der Waals surface area contributed by atoms with Gasteiger partial charge in [0.15, 0.2) is 0 Å². The van der Waals surface area contributed by atoms with Crippen molar-refractivity contribution in [1.29, 1.82) is 0 Å². The van der Waals surface area contributed by atoms with E-state index in [1.807, 2.05) is 12.1 Å². The Morgan fingerprint density at radius 1 is 0.960 bits per heavy atom. The molecule has 1 N–H and O–H groups in total. The van der Waals surface area contributed by atoms with Gasteiger partial charge >= 0.3 is 0 Å². The van der Waals surface area contributed by atoms with Gasteiger partial charge in [-0.2, -0.15) is 0 Å². The van der Waals surface area contributed by atoms with E-state index in [1.165, 1.54) is 24.8 Å². The summed E-state index contributed by atoms with van der Waals surface area (Å²) >= 11 is 0. The summed E-state index contributed by atoms with van der Waals surface area (Å²) < 4.78 is 16.8. The van der Waals surface area contributed by atoms with Gasteiger partial charge in [-0.1, -0.05) is 6.42 Å². The molecule has 3 rings (SSSR count). The highest BCUT2D eigenvalue weighted by molar-refractivity contribution is 5.85. The summed E-state index contributed by atoms with van der Waals surface area (Å²) in [6.45, 7) is 4.23. The molecule has 1 atom stereocenters. The highest BCUT2D eigenvalue weighted by atomic mass is 35.5. The van der Waals surface area contributed by atoms with E-state index in [4.69, 9.17) is 14.2 Å². The summed E-state index contributed by atoms with van der Waals surface area (Å²) in [5.41, 5.74) is 1.18. The van der Waals surface area contributed by atoms with Crippen LogP contribution in [0.2, 0.25) is 0 Å². The summed E-state index contributed by atoms with van der Waals surface area (Å²) in [4.78, 5) is 2.59. The number of benzene rings is 1. The van der Waals surface area contributed by atoms with E-state index in [-0.39, 0.29) is 24.8 Å². The minimum Gasteiger partial charge on any atom is -0.496 e. The minimum atomic E-state index is 0. The molecule has 5 nitrogen and oxygen atoms in total. The molecule has 0 spiro atoms. The summed E-state index contributed by atoms with van der Waals surface area (Å²) in [7, 11) is 5.13. The van der Waals surface area contributed by atoms with Crippen molar-refractivity contribution in [2.24, 2.45) is 5.92 Å². The zero-order valence-electron chi connectivity index (χ0n) is 15.2. The molecule has 1 saturated carbocycles. The van der Waals surface area contributed by atoms with Crippen molar-refractivity contribution in [2.45, 2.75) is 25.3 Å². The maximum absolute atomic E-state index is 5.72. The van der Waals surface area contributed by atoms with Crippen LogP contribution in [0.5, 0.6) is 17.2 Å². The van der Waals surface area contributed by atoms with E-state index in [0.717, 1.165) is 43.4 Å². The monoisotopic (exact) mass is 392 g/mol. The summed E-state index contributed by atoms with van der Waals surface area (Å²) in [6, 6.07) is 4.32. The van der Waals surface area contributed by atoms with Crippen molar-refractivity contribution in [3.63, 3.8) is 0 Å². The molecular weight excluding hydrogens is 363 g/mol. The Labute approximate surface area is 163 Å². The number of piperazine rings is 1. The number of halogens is 2. The predicted octanol–water partition coefficient (Wildman–Crippen LogP) is 3.30. The zero-order chi connectivity index (χ0) is 16.2. The lowest BCUT2D eigenvalue weighted by molar-refractivity contribution is 0.0798. The highest BCUT2D eigenvalue weighted by Crippen LogP contribution is 2.48. The van der Waals surface area contributed by atoms with Crippen LogP contribution in [0.25, 0.3) is 0 Å². The van der Waals surface area contributed by atoms with Gasteiger partial charge in [-0.3, -0.25) is 4.90 Å². The van der Waals surface area contributed by atoms with E-state index in [2.05, 4.69) is 10.2 Å². The molecule has 2 fully saturated rings. The van der Waals surface area contributed by atoms with Gasteiger partial charge in [-0.05, 0) is 18.8 Å². The van der Waals surface area contributed by atoms with Gasteiger partial charge in [0.25, 0.3) is 0 Å². The lowest BCUT2D eigenvalue weighted by atomic mass is 9.75. The van der Waals surface area contributed by atoms with E-state index in [1.54, 1.807) is 21.3 Å². The Hall–Kier alpha value is -0.880. The number of nitrogens with one attached hydrogen (secondary N) is 1. The second-order valence-electron chi connectivity index (χ2n) is 6.37. The summed E-state index contributed by atoms with van der Waals surface area (Å²) in [5.74, 6) is 3.20. The van der Waals surface area contributed by atoms with Crippen molar-refractivity contribution in [1.82, 2.24) is 10.2 Å². The third kappa shape index (κ3) is 4.64. The van der Waals surface area contributed by atoms with Gasteiger partial charge in [0.2, 0.25) is 0 Å². The number of nitrogens with zero attached hydrogens (tertiary/aromatic N) is 1. The molecule has 1 heterocycles.